The van der Waals surface area contributed by atoms with Gasteiger partial charge < -0.3 is 29.5 Å². The van der Waals surface area contributed by atoms with Gasteiger partial charge in [0.25, 0.3) is 0 Å². The predicted octanol–water partition coefficient (Wildman–Crippen LogP) is 4.24. The van der Waals surface area contributed by atoms with Gasteiger partial charge in [-0.2, -0.15) is 0 Å². The summed E-state index contributed by atoms with van der Waals surface area (Å²) in [6, 6.07) is 0. The maximum absolute atomic E-state index is 12.6. The van der Waals surface area contributed by atoms with E-state index in [4.69, 9.17) is 25.8 Å². The minimum atomic E-state index is -1.46. The molecule has 0 aromatic rings. The van der Waals surface area contributed by atoms with Crippen LogP contribution in [0.4, 0.5) is 0 Å². The zero-order chi connectivity index (χ0) is 29.3. The van der Waals surface area contributed by atoms with Crippen molar-refractivity contribution in [2.75, 3.05) is 5.88 Å². The summed E-state index contributed by atoms with van der Waals surface area (Å²) in [7, 11) is 0. The molecule has 2 aliphatic rings. The third-order valence-corrected chi connectivity index (χ3v) is 7.93. The van der Waals surface area contributed by atoms with E-state index in [1.165, 1.54) is 6.92 Å². The van der Waals surface area contributed by atoms with Crippen molar-refractivity contribution in [2.45, 2.75) is 116 Å². The van der Waals surface area contributed by atoms with Crippen molar-refractivity contribution in [3.8, 4) is 0 Å². The Morgan fingerprint density at radius 1 is 1.33 bits per heavy atom. The molecular formula is C30H47ClO8. The summed E-state index contributed by atoms with van der Waals surface area (Å²) in [5, 5.41) is 31.4. The van der Waals surface area contributed by atoms with Gasteiger partial charge in [0.1, 0.15) is 23.7 Å². The maximum atomic E-state index is 12.6. The van der Waals surface area contributed by atoms with Crippen LogP contribution in [-0.4, -0.2) is 75.4 Å². The number of alkyl halides is 1. The molecule has 1 saturated heterocycles. The van der Waals surface area contributed by atoms with Gasteiger partial charge in [-0.25, -0.2) is 0 Å². The monoisotopic (exact) mass is 570 g/mol. The lowest BCUT2D eigenvalue weighted by atomic mass is 9.88. The van der Waals surface area contributed by atoms with E-state index in [0.717, 1.165) is 12.0 Å². The lowest BCUT2D eigenvalue weighted by Gasteiger charge is -2.32. The van der Waals surface area contributed by atoms with Crippen molar-refractivity contribution in [3.63, 3.8) is 0 Å². The van der Waals surface area contributed by atoms with Gasteiger partial charge in [-0.1, -0.05) is 52.0 Å². The van der Waals surface area contributed by atoms with Crippen LogP contribution in [0.3, 0.4) is 0 Å². The highest BCUT2D eigenvalue weighted by molar-refractivity contribution is 6.26. The normalized spacial score (nSPS) is 34.9. The quantitative estimate of drug-likeness (QED) is 0.117. The van der Waals surface area contributed by atoms with Crippen LogP contribution in [0.1, 0.15) is 73.6 Å². The summed E-state index contributed by atoms with van der Waals surface area (Å²) in [5.41, 5.74) is -0.658. The van der Waals surface area contributed by atoms with Crippen molar-refractivity contribution >= 4 is 23.5 Å². The van der Waals surface area contributed by atoms with E-state index < -0.39 is 35.9 Å². The Hall–Kier alpha value is -1.71. The first kappa shape index (κ1) is 33.5. The molecule has 0 aromatic carbocycles. The van der Waals surface area contributed by atoms with Crippen LogP contribution in [0.25, 0.3) is 0 Å². The minimum Gasteiger partial charge on any atom is -0.457 e. The van der Waals surface area contributed by atoms with Gasteiger partial charge in [0.2, 0.25) is 0 Å². The number of cyclic esters (lactones) is 1. The van der Waals surface area contributed by atoms with Gasteiger partial charge in [0.05, 0.1) is 30.8 Å². The number of allylic oxidation sites excluding steroid dienone is 3. The highest BCUT2D eigenvalue weighted by Gasteiger charge is 2.45. The first-order valence-electron chi connectivity index (χ1n) is 14.0. The Bertz CT molecular complexity index is 897. The molecule has 0 aromatic heterocycles. The third-order valence-electron chi connectivity index (χ3n) is 7.71. The topological polar surface area (TPSA) is 126 Å². The van der Waals surface area contributed by atoms with Gasteiger partial charge in [-0.05, 0) is 57.1 Å². The fraction of sp³-hybridized carbons (Fsp3) is 0.733. The molecule has 0 bridgehead atoms. The van der Waals surface area contributed by atoms with Gasteiger partial charge in [0.15, 0.2) is 0 Å². The summed E-state index contributed by atoms with van der Waals surface area (Å²) < 4.78 is 17.0. The van der Waals surface area contributed by atoms with Crippen LogP contribution < -0.4 is 0 Å². The molecule has 2 heterocycles. The van der Waals surface area contributed by atoms with E-state index in [0.29, 0.717) is 6.42 Å². The van der Waals surface area contributed by atoms with E-state index in [-0.39, 0.29) is 61.2 Å². The molecule has 0 radical (unpaired) electrons. The Balaban J connectivity index is 2.14. The molecule has 39 heavy (non-hydrogen) atoms. The number of epoxide rings is 1. The number of hydrogen-bond donors (Lipinski definition) is 3. The van der Waals surface area contributed by atoms with E-state index in [2.05, 4.69) is 13.0 Å². The number of esters is 2. The van der Waals surface area contributed by atoms with E-state index in [1.54, 1.807) is 12.2 Å². The molecule has 1 fully saturated rings. The third kappa shape index (κ3) is 10.7. The number of rotatable bonds is 10. The number of carbonyl (C=O) groups is 2. The molecule has 3 N–H and O–H groups in total. The summed E-state index contributed by atoms with van der Waals surface area (Å²) >= 11 is 5.61. The first-order valence-corrected chi connectivity index (χ1v) is 14.5. The molecule has 0 amide bonds. The van der Waals surface area contributed by atoms with Gasteiger partial charge in [-0.3, -0.25) is 9.59 Å². The van der Waals surface area contributed by atoms with Crippen LogP contribution >= 0.6 is 11.6 Å². The second kappa shape index (κ2) is 15.3. The smallest absolute Gasteiger partial charge is 0.321 e. The second-order valence-electron chi connectivity index (χ2n) is 11.4. The SMILES string of the molecule is CCC(O)C(C)C1OC1CC(C)C=CC=C(C)C1OC(=O)CC(O)CCC(C)(O)C(OC(=O)CCl)C=CC1C. The Morgan fingerprint density at radius 2 is 2.03 bits per heavy atom. The fourth-order valence-corrected chi connectivity index (χ4v) is 5.02. The van der Waals surface area contributed by atoms with Gasteiger partial charge in [0, 0.05) is 11.8 Å². The van der Waals surface area contributed by atoms with Crippen LogP contribution in [-0.2, 0) is 23.8 Å². The molecule has 10 unspecified atom stereocenters. The molecule has 0 saturated carbocycles. The Kier molecular flexibility index (Phi) is 13.2. The van der Waals surface area contributed by atoms with Crippen LogP contribution in [0.15, 0.2) is 36.0 Å². The predicted molar refractivity (Wildman–Crippen MR) is 150 cm³/mol. The molecule has 9 heteroatoms. The van der Waals surface area contributed by atoms with Crippen molar-refractivity contribution < 1.29 is 39.1 Å². The Morgan fingerprint density at radius 3 is 2.67 bits per heavy atom. The zero-order valence-corrected chi connectivity index (χ0v) is 24.8. The summed E-state index contributed by atoms with van der Waals surface area (Å²) in [4.78, 5) is 24.5. The fourth-order valence-electron chi connectivity index (χ4n) is 4.96. The number of halogens is 1. The molecule has 8 nitrogen and oxygen atoms in total. The van der Waals surface area contributed by atoms with Crippen molar-refractivity contribution in [2.24, 2.45) is 17.8 Å². The lowest BCUT2D eigenvalue weighted by Crippen LogP contribution is -2.42. The van der Waals surface area contributed by atoms with Crippen molar-refractivity contribution in [1.82, 2.24) is 0 Å². The van der Waals surface area contributed by atoms with E-state index in [9.17, 15) is 24.9 Å². The molecular weight excluding hydrogens is 524 g/mol. The second-order valence-corrected chi connectivity index (χ2v) is 11.7. The average molecular weight is 571 g/mol. The van der Waals surface area contributed by atoms with Crippen LogP contribution in [0.5, 0.6) is 0 Å². The number of aliphatic hydroxyl groups is 3. The number of aliphatic hydroxyl groups excluding tert-OH is 2. The molecule has 222 valence electrons. The van der Waals surface area contributed by atoms with Crippen molar-refractivity contribution in [3.05, 3.63) is 36.0 Å². The largest absolute Gasteiger partial charge is 0.457 e. The van der Waals surface area contributed by atoms with Crippen LogP contribution in [0.2, 0.25) is 0 Å². The lowest BCUT2D eigenvalue weighted by molar-refractivity contribution is -0.156. The summed E-state index contributed by atoms with van der Waals surface area (Å²) in [6.07, 6.45) is 8.15. The first-order chi connectivity index (χ1) is 18.3. The highest BCUT2D eigenvalue weighted by Crippen LogP contribution is 2.36. The molecule has 10 atom stereocenters. The number of ether oxygens (including phenoxy) is 3. The summed E-state index contributed by atoms with van der Waals surface area (Å²) in [5.74, 6) is -1.48. The summed E-state index contributed by atoms with van der Waals surface area (Å²) in [6.45, 7) is 11.4. The molecule has 0 spiro atoms. The Labute approximate surface area is 238 Å². The average Bonchev–Trinajstić information content (AvgIpc) is 3.65. The van der Waals surface area contributed by atoms with Crippen molar-refractivity contribution in [1.29, 1.82) is 0 Å². The van der Waals surface area contributed by atoms with Gasteiger partial charge >= 0.3 is 11.9 Å². The van der Waals surface area contributed by atoms with E-state index in [1.807, 2.05) is 39.8 Å². The van der Waals surface area contributed by atoms with Crippen LogP contribution in [0, 0.1) is 17.8 Å². The number of hydrogen-bond acceptors (Lipinski definition) is 8. The minimum absolute atomic E-state index is 0.0972. The van der Waals surface area contributed by atoms with Gasteiger partial charge in [-0.15, -0.1) is 11.6 Å². The number of carbonyl (C=O) groups excluding carboxylic acids is 2. The van der Waals surface area contributed by atoms with E-state index >= 15 is 0 Å². The highest BCUT2D eigenvalue weighted by atomic mass is 35.5. The standard InChI is InChI=1S/C30H47ClO8/c1-7-23(33)21(5)29-24(37-29)15-18(2)9-8-10-19(3)28-20(4)11-12-25(38-27(35)17-31)30(6,36)14-13-22(32)16-26(34)39-28/h8-12,18,20-25,28-29,32-33,36H,7,13-17H2,1-6H3. The maximum Gasteiger partial charge on any atom is 0.321 e. The molecule has 2 rings (SSSR count). The zero-order valence-electron chi connectivity index (χ0n) is 24.1. The molecule has 0 aliphatic carbocycles. The molecule has 2 aliphatic heterocycles.